The number of nitrogens with one attached hydrogen (secondary N) is 1. The van der Waals surface area contributed by atoms with Crippen LogP contribution in [0, 0.1) is 6.92 Å². The van der Waals surface area contributed by atoms with Crippen LogP contribution in [-0.2, 0) is 11.3 Å². The zero-order chi connectivity index (χ0) is 11.6. The lowest BCUT2D eigenvalue weighted by Gasteiger charge is -2.36. The lowest BCUT2D eigenvalue weighted by atomic mass is 9.77. The van der Waals surface area contributed by atoms with Gasteiger partial charge in [-0.05, 0) is 37.3 Å². The van der Waals surface area contributed by atoms with Crippen LogP contribution in [0.3, 0.4) is 0 Å². The summed E-state index contributed by atoms with van der Waals surface area (Å²) in [6.07, 6.45) is 2.69. The summed E-state index contributed by atoms with van der Waals surface area (Å²) >= 11 is 0. The highest BCUT2D eigenvalue weighted by molar-refractivity contribution is 5.87. The Balaban J connectivity index is 0.00000144. The average Bonchev–Trinajstić information content (AvgIpc) is 2.24. The number of amides is 1. The second kappa shape index (κ2) is 5.52. The van der Waals surface area contributed by atoms with Crippen LogP contribution in [0.1, 0.15) is 30.4 Å². The zero-order valence-electron chi connectivity index (χ0n) is 10.0. The first kappa shape index (κ1) is 14.0. The van der Waals surface area contributed by atoms with Gasteiger partial charge in [0.2, 0.25) is 5.91 Å². The summed E-state index contributed by atoms with van der Waals surface area (Å²) in [6, 6.07) is 8.05. The molecule has 1 fully saturated rings. The number of aryl methyl sites for hydroxylation is 1. The highest BCUT2D eigenvalue weighted by Gasteiger charge is 2.39. The summed E-state index contributed by atoms with van der Waals surface area (Å²) in [5.74, 6) is -0.0120. The van der Waals surface area contributed by atoms with Crippen LogP contribution in [0.25, 0.3) is 0 Å². The van der Waals surface area contributed by atoms with Crippen LogP contribution >= 0.6 is 12.4 Å². The Bertz CT molecular complexity index is 402. The molecule has 1 amide bonds. The Morgan fingerprint density at radius 2 is 2.06 bits per heavy atom. The highest BCUT2D eigenvalue weighted by atomic mass is 35.5. The van der Waals surface area contributed by atoms with Crippen molar-refractivity contribution in [2.75, 3.05) is 0 Å². The third kappa shape index (κ3) is 2.99. The molecule has 0 radical (unpaired) electrons. The van der Waals surface area contributed by atoms with Crippen LogP contribution < -0.4 is 11.1 Å². The minimum atomic E-state index is -0.595. The Hall–Kier alpha value is -1.06. The van der Waals surface area contributed by atoms with Gasteiger partial charge in [-0.1, -0.05) is 24.3 Å². The molecule has 0 bridgehead atoms. The molecular formula is C13H19ClN2O. The summed E-state index contributed by atoms with van der Waals surface area (Å²) in [4.78, 5) is 11.8. The minimum absolute atomic E-state index is 0. The quantitative estimate of drug-likeness (QED) is 0.866. The second-order valence-electron chi connectivity index (χ2n) is 4.62. The summed E-state index contributed by atoms with van der Waals surface area (Å²) in [5.41, 5.74) is 7.69. The summed E-state index contributed by atoms with van der Waals surface area (Å²) in [6.45, 7) is 2.62. The lowest BCUT2D eigenvalue weighted by molar-refractivity contribution is -0.129. The summed E-state index contributed by atoms with van der Waals surface area (Å²) < 4.78 is 0. The highest BCUT2D eigenvalue weighted by Crippen LogP contribution is 2.29. The molecule has 94 valence electrons. The fourth-order valence-electron chi connectivity index (χ4n) is 1.94. The van der Waals surface area contributed by atoms with Gasteiger partial charge in [0, 0.05) is 6.54 Å². The third-order valence-electron chi connectivity index (χ3n) is 3.40. The van der Waals surface area contributed by atoms with E-state index in [2.05, 4.69) is 5.32 Å². The predicted molar refractivity (Wildman–Crippen MR) is 71.0 cm³/mol. The van der Waals surface area contributed by atoms with Crippen molar-refractivity contribution < 1.29 is 4.79 Å². The maximum Gasteiger partial charge on any atom is 0.240 e. The van der Waals surface area contributed by atoms with Crippen molar-refractivity contribution in [2.45, 2.75) is 38.3 Å². The van der Waals surface area contributed by atoms with E-state index in [1.54, 1.807) is 0 Å². The van der Waals surface area contributed by atoms with E-state index in [-0.39, 0.29) is 18.3 Å². The number of benzene rings is 1. The molecule has 0 saturated heterocycles. The van der Waals surface area contributed by atoms with Crippen molar-refractivity contribution in [1.82, 2.24) is 5.32 Å². The molecule has 0 unspecified atom stereocenters. The van der Waals surface area contributed by atoms with Gasteiger partial charge in [0.1, 0.15) is 0 Å². The number of halogens is 1. The second-order valence-corrected chi connectivity index (χ2v) is 4.62. The molecule has 3 N–H and O–H groups in total. The van der Waals surface area contributed by atoms with Gasteiger partial charge in [-0.15, -0.1) is 12.4 Å². The van der Waals surface area contributed by atoms with Crippen LogP contribution in [0.2, 0.25) is 0 Å². The van der Waals surface area contributed by atoms with Crippen molar-refractivity contribution in [1.29, 1.82) is 0 Å². The van der Waals surface area contributed by atoms with E-state index in [1.807, 2.05) is 31.2 Å². The van der Waals surface area contributed by atoms with Gasteiger partial charge >= 0.3 is 0 Å². The molecule has 1 aromatic carbocycles. The fraction of sp³-hybridized carbons (Fsp3) is 0.462. The molecular weight excluding hydrogens is 236 g/mol. The molecule has 2 rings (SSSR count). The Labute approximate surface area is 108 Å². The van der Waals surface area contributed by atoms with E-state index in [0.717, 1.165) is 24.8 Å². The van der Waals surface area contributed by atoms with E-state index >= 15 is 0 Å². The van der Waals surface area contributed by atoms with Gasteiger partial charge in [-0.2, -0.15) is 0 Å². The molecule has 0 aliphatic heterocycles. The Morgan fingerprint density at radius 3 is 2.59 bits per heavy atom. The lowest BCUT2D eigenvalue weighted by Crippen LogP contribution is -2.58. The average molecular weight is 255 g/mol. The van der Waals surface area contributed by atoms with Gasteiger partial charge in [0.05, 0.1) is 5.54 Å². The number of hydrogen-bond donors (Lipinski definition) is 2. The molecule has 0 aromatic heterocycles. The summed E-state index contributed by atoms with van der Waals surface area (Å²) in [7, 11) is 0. The maximum atomic E-state index is 11.8. The zero-order valence-corrected chi connectivity index (χ0v) is 10.8. The van der Waals surface area contributed by atoms with Crippen LogP contribution in [0.4, 0.5) is 0 Å². The molecule has 3 nitrogen and oxygen atoms in total. The van der Waals surface area contributed by atoms with E-state index in [4.69, 9.17) is 5.73 Å². The minimum Gasteiger partial charge on any atom is -0.350 e. The van der Waals surface area contributed by atoms with Crippen LogP contribution in [0.15, 0.2) is 24.3 Å². The molecule has 1 aliphatic carbocycles. The van der Waals surface area contributed by atoms with Gasteiger partial charge < -0.3 is 11.1 Å². The monoisotopic (exact) mass is 254 g/mol. The van der Waals surface area contributed by atoms with Crippen molar-refractivity contribution in [2.24, 2.45) is 5.73 Å². The van der Waals surface area contributed by atoms with Crippen molar-refractivity contribution in [3.8, 4) is 0 Å². The van der Waals surface area contributed by atoms with E-state index in [0.29, 0.717) is 6.54 Å². The van der Waals surface area contributed by atoms with Crippen molar-refractivity contribution in [3.63, 3.8) is 0 Å². The van der Waals surface area contributed by atoms with Gasteiger partial charge in [0.25, 0.3) is 0 Å². The number of rotatable bonds is 3. The first-order valence-electron chi connectivity index (χ1n) is 5.73. The Morgan fingerprint density at radius 1 is 1.41 bits per heavy atom. The fourth-order valence-corrected chi connectivity index (χ4v) is 1.94. The maximum absolute atomic E-state index is 11.8. The normalized spacial score (nSPS) is 16.6. The standard InChI is InChI=1S/C13H18N2O.ClH/c1-10-5-2-3-6-11(10)9-15-12(16)13(14)7-4-8-13;/h2-3,5-6H,4,7-9,14H2,1H3,(H,15,16);1H. The summed E-state index contributed by atoms with van der Waals surface area (Å²) in [5, 5.41) is 2.92. The van der Waals surface area contributed by atoms with Crippen LogP contribution in [0.5, 0.6) is 0 Å². The molecule has 0 heterocycles. The number of carbonyl (C=O) groups is 1. The molecule has 4 heteroatoms. The van der Waals surface area contributed by atoms with E-state index in [1.165, 1.54) is 5.56 Å². The number of hydrogen-bond acceptors (Lipinski definition) is 2. The molecule has 1 saturated carbocycles. The van der Waals surface area contributed by atoms with Crippen molar-refractivity contribution in [3.05, 3.63) is 35.4 Å². The predicted octanol–water partition coefficient (Wildman–Crippen LogP) is 1.91. The molecule has 1 aromatic rings. The van der Waals surface area contributed by atoms with E-state index < -0.39 is 5.54 Å². The van der Waals surface area contributed by atoms with Gasteiger partial charge in [-0.3, -0.25) is 4.79 Å². The number of carbonyl (C=O) groups excluding carboxylic acids is 1. The first-order valence-corrected chi connectivity index (χ1v) is 5.73. The smallest absolute Gasteiger partial charge is 0.240 e. The van der Waals surface area contributed by atoms with Crippen LogP contribution in [-0.4, -0.2) is 11.4 Å². The molecule has 0 atom stereocenters. The Kier molecular flexibility index (Phi) is 4.54. The number of nitrogens with two attached hydrogens (primary N) is 1. The molecule has 17 heavy (non-hydrogen) atoms. The topological polar surface area (TPSA) is 55.1 Å². The van der Waals surface area contributed by atoms with Crippen molar-refractivity contribution >= 4 is 18.3 Å². The van der Waals surface area contributed by atoms with Gasteiger partial charge in [0.15, 0.2) is 0 Å². The first-order chi connectivity index (χ1) is 7.62. The third-order valence-corrected chi connectivity index (χ3v) is 3.40. The molecule has 0 spiro atoms. The SMILES string of the molecule is Cc1ccccc1CNC(=O)C1(N)CCC1.Cl. The van der Waals surface area contributed by atoms with E-state index in [9.17, 15) is 4.79 Å². The molecule has 1 aliphatic rings. The largest absolute Gasteiger partial charge is 0.350 e. The van der Waals surface area contributed by atoms with Gasteiger partial charge in [-0.25, -0.2) is 0 Å².